The van der Waals surface area contributed by atoms with E-state index in [9.17, 15) is 0 Å². The second kappa shape index (κ2) is 6.55. The van der Waals surface area contributed by atoms with Gasteiger partial charge in [-0.1, -0.05) is 12.1 Å². The van der Waals surface area contributed by atoms with Crippen molar-refractivity contribution in [1.29, 1.82) is 0 Å². The van der Waals surface area contributed by atoms with Gasteiger partial charge in [0.15, 0.2) is 0 Å². The molecule has 0 spiro atoms. The van der Waals surface area contributed by atoms with Crippen LogP contribution in [0.1, 0.15) is 24.3 Å². The maximum Gasteiger partial charge on any atom is 0.0345 e. The van der Waals surface area contributed by atoms with E-state index in [1.165, 1.54) is 14.9 Å². The van der Waals surface area contributed by atoms with E-state index in [1.807, 2.05) is 12.1 Å². The lowest BCUT2D eigenvalue weighted by atomic mass is 10.1. The zero-order valence-corrected chi connectivity index (χ0v) is 13.7. The lowest BCUT2D eigenvalue weighted by molar-refractivity contribution is 0.205. The fraction of sp³-hybridized carbons (Fsp3) is 0.333. The van der Waals surface area contributed by atoms with Crippen molar-refractivity contribution in [2.75, 3.05) is 5.73 Å². The van der Waals surface area contributed by atoms with Gasteiger partial charge in [-0.25, -0.2) is 0 Å². The number of rotatable bonds is 5. The molecular weight excluding hydrogens is 320 g/mol. The zero-order valence-electron chi connectivity index (χ0n) is 11.3. The summed E-state index contributed by atoms with van der Waals surface area (Å²) in [6.07, 6.45) is 0. The molecule has 1 aromatic carbocycles. The average Bonchev–Trinajstić information content (AvgIpc) is 2.77. The van der Waals surface area contributed by atoms with Crippen molar-refractivity contribution >= 4 is 33.0 Å². The van der Waals surface area contributed by atoms with Crippen molar-refractivity contribution in [1.82, 2.24) is 4.90 Å². The summed E-state index contributed by atoms with van der Waals surface area (Å²) < 4.78 is 1.21. The summed E-state index contributed by atoms with van der Waals surface area (Å²) in [6, 6.07) is 10.8. The Bertz CT molecular complexity index is 519. The highest BCUT2D eigenvalue weighted by molar-refractivity contribution is 9.10. The summed E-state index contributed by atoms with van der Waals surface area (Å²) in [5.74, 6) is 0. The Kier molecular flexibility index (Phi) is 5.02. The van der Waals surface area contributed by atoms with Gasteiger partial charge in [-0.2, -0.15) is 0 Å². The molecule has 2 nitrogen and oxygen atoms in total. The Morgan fingerprint density at radius 2 is 1.84 bits per heavy atom. The third-order valence-corrected chi connectivity index (χ3v) is 5.04. The first-order chi connectivity index (χ1) is 9.06. The highest BCUT2D eigenvalue weighted by atomic mass is 79.9. The fourth-order valence-electron chi connectivity index (χ4n) is 1.90. The first kappa shape index (κ1) is 14.6. The second-order valence-corrected chi connectivity index (χ2v) is 6.79. The van der Waals surface area contributed by atoms with Gasteiger partial charge < -0.3 is 5.73 Å². The summed E-state index contributed by atoms with van der Waals surface area (Å²) in [6.45, 7) is 6.39. The summed E-state index contributed by atoms with van der Waals surface area (Å²) in [5, 5.41) is 2.13. The molecule has 0 atom stereocenters. The monoisotopic (exact) mass is 338 g/mol. The van der Waals surface area contributed by atoms with Gasteiger partial charge in [0.05, 0.1) is 0 Å². The van der Waals surface area contributed by atoms with Gasteiger partial charge in [0.1, 0.15) is 0 Å². The van der Waals surface area contributed by atoms with Crippen LogP contribution in [0.4, 0.5) is 5.69 Å². The Balaban J connectivity index is 2.08. The van der Waals surface area contributed by atoms with E-state index in [-0.39, 0.29) is 0 Å². The van der Waals surface area contributed by atoms with Crippen LogP contribution in [0.25, 0.3) is 0 Å². The fourth-order valence-corrected chi connectivity index (χ4v) is 3.40. The predicted octanol–water partition coefficient (Wildman–Crippen LogP) is 4.50. The number of nitrogen functional groups attached to an aromatic ring is 1. The zero-order chi connectivity index (χ0) is 13.8. The quantitative estimate of drug-likeness (QED) is 0.813. The van der Waals surface area contributed by atoms with Crippen LogP contribution in [0.2, 0.25) is 0 Å². The smallest absolute Gasteiger partial charge is 0.0345 e. The average molecular weight is 339 g/mol. The molecule has 2 rings (SSSR count). The SMILES string of the molecule is CC(C)N(Cc1ccc(N)cc1)Cc1sccc1Br. The van der Waals surface area contributed by atoms with Crippen LogP contribution in [-0.4, -0.2) is 10.9 Å². The molecule has 1 aromatic heterocycles. The number of thiophene rings is 1. The number of benzene rings is 1. The molecule has 102 valence electrons. The van der Waals surface area contributed by atoms with Gasteiger partial charge in [-0.3, -0.25) is 4.90 Å². The van der Waals surface area contributed by atoms with Gasteiger partial charge in [-0.15, -0.1) is 11.3 Å². The van der Waals surface area contributed by atoms with E-state index in [0.717, 1.165) is 18.8 Å². The van der Waals surface area contributed by atoms with Crippen molar-refractivity contribution in [2.45, 2.75) is 33.0 Å². The molecule has 0 aliphatic rings. The van der Waals surface area contributed by atoms with Crippen LogP contribution in [0, 0.1) is 0 Å². The standard InChI is InChI=1S/C15H19BrN2S/c1-11(2)18(10-15-14(16)7-8-19-15)9-12-3-5-13(17)6-4-12/h3-8,11H,9-10,17H2,1-2H3. The largest absolute Gasteiger partial charge is 0.399 e. The summed E-state index contributed by atoms with van der Waals surface area (Å²) >= 11 is 5.41. The molecule has 0 aliphatic heterocycles. The molecule has 1 heterocycles. The van der Waals surface area contributed by atoms with Crippen LogP contribution < -0.4 is 5.73 Å². The second-order valence-electron chi connectivity index (χ2n) is 4.93. The first-order valence-electron chi connectivity index (χ1n) is 6.36. The van der Waals surface area contributed by atoms with E-state index < -0.39 is 0 Å². The van der Waals surface area contributed by atoms with Gasteiger partial charge >= 0.3 is 0 Å². The van der Waals surface area contributed by atoms with E-state index in [0.29, 0.717) is 6.04 Å². The Labute approximate surface area is 127 Å². The van der Waals surface area contributed by atoms with Crippen LogP contribution >= 0.6 is 27.3 Å². The van der Waals surface area contributed by atoms with E-state index in [1.54, 1.807) is 11.3 Å². The number of hydrogen-bond donors (Lipinski definition) is 1. The number of hydrogen-bond acceptors (Lipinski definition) is 3. The first-order valence-corrected chi connectivity index (χ1v) is 8.04. The number of halogens is 1. The van der Waals surface area contributed by atoms with E-state index >= 15 is 0 Å². The van der Waals surface area contributed by atoms with Gasteiger partial charge in [0.2, 0.25) is 0 Å². The van der Waals surface area contributed by atoms with Crippen LogP contribution in [0.3, 0.4) is 0 Å². The molecule has 0 bridgehead atoms. The Morgan fingerprint density at radius 3 is 2.37 bits per heavy atom. The maximum absolute atomic E-state index is 5.73. The molecule has 4 heteroatoms. The molecule has 2 aromatic rings. The van der Waals surface area contributed by atoms with Crippen molar-refractivity contribution in [3.05, 3.63) is 50.6 Å². The van der Waals surface area contributed by atoms with Crippen molar-refractivity contribution < 1.29 is 0 Å². The van der Waals surface area contributed by atoms with Gasteiger partial charge in [0, 0.05) is 34.2 Å². The predicted molar refractivity (Wildman–Crippen MR) is 87.3 cm³/mol. The normalized spacial score (nSPS) is 11.4. The molecule has 0 aliphatic carbocycles. The minimum Gasteiger partial charge on any atom is -0.399 e. The topological polar surface area (TPSA) is 29.3 Å². The lowest BCUT2D eigenvalue weighted by Gasteiger charge is -2.26. The van der Waals surface area contributed by atoms with Crippen LogP contribution in [0.15, 0.2) is 40.2 Å². The molecule has 2 N–H and O–H groups in total. The summed E-state index contributed by atoms with van der Waals surface area (Å²) in [7, 11) is 0. The highest BCUT2D eigenvalue weighted by Gasteiger charge is 2.13. The third-order valence-electron chi connectivity index (χ3n) is 3.13. The van der Waals surface area contributed by atoms with Gasteiger partial charge in [0.25, 0.3) is 0 Å². The molecular formula is C15H19BrN2S. The lowest BCUT2D eigenvalue weighted by Crippen LogP contribution is -2.29. The molecule has 19 heavy (non-hydrogen) atoms. The Hall–Kier alpha value is -0.840. The molecule has 0 radical (unpaired) electrons. The molecule has 0 saturated carbocycles. The maximum atomic E-state index is 5.73. The van der Waals surface area contributed by atoms with Crippen molar-refractivity contribution in [3.63, 3.8) is 0 Å². The third kappa shape index (κ3) is 4.06. The van der Waals surface area contributed by atoms with E-state index in [2.05, 4.69) is 58.3 Å². The van der Waals surface area contributed by atoms with E-state index in [4.69, 9.17) is 5.73 Å². The molecule has 0 saturated heterocycles. The summed E-state index contributed by atoms with van der Waals surface area (Å²) in [5.41, 5.74) is 7.85. The minimum absolute atomic E-state index is 0.506. The summed E-state index contributed by atoms with van der Waals surface area (Å²) in [4.78, 5) is 3.84. The minimum atomic E-state index is 0.506. The number of nitrogens with two attached hydrogens (primary N) is 1. The van der Waals surface area contributed by atoms with Gasteiger partial charge in [-0.05, 0) is 58.9 Å². The molecule has 0 unspecified atom stereocenters. The number of nitrogens with zero attached hydrogens (tertiary/aromatic N) is 1. The molecule has 0 amide bonds. The van der Waals surface area contributed by atoms with Crippen LogP contribution in [0.5, 0.6) is 0 Å². The highest BCUT2D eigenvalue weighted by Crippen LogP contribution is 2.25. The van der Waals surface area contributed by atoms with Crippen molar-refractivity contribution in [2.24, 2.45) is 0 Å². The molecule has 0 fully saturated rings. The Morgan fingerprint density at radius 1 is 1.16 bits per heavy atom. The van der Waals surface area contributed by atoms with Crippen LogP contribution in [-0.2, 0) is 13.1 Å². The van der Waals surface area contributed by atoms with Crippen molar-refractivity contribution in [3.8, 4) is 0 Å². The number of anilines is 1.